The van der Waals surface area contributed by atoms with E-state index in [0.29, 0.717) is 42.9 Å². The Morgan fingerprint density at radius 2 is 1.76 bits per heavy atom. The Morgan fingerprint density at radius 3 is 2.43 bits per heavy atom. The number of carbonyl (C=O) groups is 2. The van der Waals surface area contributed by atoms with Crippen LogP contribution in [0.15, 0.2) is 48.7 Å². The normalized spacial score (nSPS) is 13.7. The third kappa shape index (κ3) is 6.62. The van der Waals surface area contributed by atoms with Crippen molar-refractivity contribution in [2.75, 3.05) is 18.5 Å². The summed E-state index contributed by atoms with van der Waals surface area (Å²) in [4.78, 5) is 31.0. The summed E-state index contributed by atoms with van der Waals surface area (Å²) in [6.07, 6.45) is 4.30. The number of halogens is 1. The molecule has 1 aliphatic rings. The van der Waals surface area contributed by atoms with Crippen LogP contribution >= 0.6 is 0 Å². The van der Waals surface area contributed by atoms with Crippen LogP contribution < -0.4 is 21.4 Å². The minimum atomic E-state index is -0.469. The second-order valence-corrected chi connectivity index (χ2v) is 10.3. The molecule has 1 saturated heterocycles. The number of anilines is 1. The van der Waals surface area contributed by atoms with Crippen LogP contribution in [0.4, 0.5) is 10.1 Å². The highest BCUT2D eigenvalue weighted by atomic mass is 19.1. The zero-order valence-electron chi connectivity index (χ0n) is 23.9. The Hall–Kier alpha value is -4.25. The maximum Gasteiger partial charge on any atom is 0.251 e. The van der Waals surface area contributed by atoms with Gasteiger partial charge in [-0.05, 0) is 62.1 Å². The van der Waals surface area contributed by atoms with Crippen molar-refractivity contribution in [1.29, 1.82) is 0 Å². The van der Waals surface area contributed by atoms with Gasteiger partial charge in [0.25, 0.3) is 11.8 Å². The van der Waals surface area contributed by atoms with Gasteiger partial charge in [-0.1, -0.05) is 24.5 Å². The van der Waals surface area contributed by atoms with Gasteiger partial charge >= 0.3 is 0 Å². The number of rotatable bonds is 10. The van der Waals surface area contributed by atoms with Crippen LogP contribution in [-0.4, -0.2) is 53.7 Å². The first-order chi connectivity index (χ1) is 20.4. The smallest absolute Gasteiger partial charge is 0.251 e. The van der Waals surface area contributed by atoms with E-state index in [1.54, 1.807) is 30.3 Å². The number of hydrogen-bond acceptors (Lipinski definition) is 6. The quantitative estimate of drug-likeness (QED) is 0.253. The molecule has 1 aliphatic heterocycles. The predicted molar refractivity (Wildman–Crippen MR) is 161 cm³/mol. The largest absolute Gasteiger partial charge is 0.381 e. The monoisotopic (exact) mass is 568 g/mol. The molecule has 2 aromatic carbocycles. The molecule has 0 spiro atoms. The number of aryl methyl sites for hydroxylation is 2. The maximum atomic E-state index is 13.6. The van der Waals surface area contributed by atoms with Gasteiger partial charge in [-0.3, -0.25) is 9.59 Å². The molecule has 0 saturated carbocycles. The number of ether oxygens (including phenoxy) is 1. The first kappa shape index (κ1) is 29.3. The highest BCUT2D eigenvalue weighted by Gasteiger charge is 2.22. The topological polar surface area (TPSA) is 110 Å². The molecule has 5 rings (SSSR count). The number of fused-ring (bicyclic) bond motifs is 1. The third-order valence-corrected chi connectivity index (χ3v) is 7.42. The van der Waals surface area contributed by atoms with E-state index in [1.807, 2.05) is 24.7 Å². The van der Waals surface area contributed by atoms with Crippen molar-refractivity contribution >= 4 is 41.8 Å². The summed E-state index contributed by atoms with van der Waals surface area (Å²) in [5.74, 6) is -1.17. The van der Waals surface area contributed by atoms with Gasteiger partial charge < -0.3 is 20.7 Å². The molecule has 3 heterocycles. The van der Waals surface area contributed by atoms with Gasteiger partial charge in [0.15, 0.2) is 5.65 Å². The molecule has 216 valence electrons. The van der Waals surface area contributed by atoms with E-state index in [0.717, 1.165) is 40.8 Å². The van der Waals surface area contributed by atoms with Gasteiger partial charge in [0.2, 0.25) is 0 Å². The fourth-order valence-electron chi connectivity index (χ4n) is 5.23. The SMILES string of the molecule is [B]c1cc(F)cc(CNC(=O)c2cccc(C(=O)NCc3c(CC)nc4c(cnn4CC)c3NC3CCOCC3)c2)c1. The predicted octanol–water partition coefficient (Wildman–Crippen LogP) is 3.40. The van der Waals surface area contributed by atoms with Crippen LogP contribution in [-0.2, 0) is 30.8 Å². The first-order valence-corrected chi connectivity index (χ1v) is 14.3. The van der Waals surface area contributed by atoms with Gasteiger partial charge in [0.1, 0.15) is 13.7 Å². The zero-order valence-corrected chi connectivity index (χ0v) is 23.9. The summed E-state index contributed by atoms with van der Waals surface area (Å²) in [6, 6.07) is 10.9. The lowest BCUT2D eigenvalue weighted by Gasteiger charge is -2.26. The molecule has 0 atom stereocenters. The lowest BCUT2D eigenvalue weighted by Crippen LogP contribution is -2.30. The van der Waals surface area contributed by atoms with Gasteiger partial charge in [-0.2, -0.15) is 5.10 Å². The van der Waals surface area contributed by atoms with Crippen LogP contribution in [0.1, 0.15) is 64.2 Å². The van der Waals surface area contributed by atoms with E-state index in [9.17, 15) is 14.0 Å². The summed E-state index contributed by atoms with van der Waals surface area (Å²) in [7, 11) is 5.70. The Morgan fingerprint density at radius 1 is 1.05 bits per heavy atom. The number of benzene rings is 2. The molecule has 1 fully saturated rings. The lowest BCUT2D eigenvalue weighted by atomic mass is 9.94. The van der Waals surface area contributed by atoms with E-state index in [1.165, 1.54) is 12.1 Å². The van der Waals surface area contributed by atoms with Gasteiger partial charge in [-0.25, -0.2) is 14.1 Å². The standard InChI is InChI=1S/C31H34BFN6O3/c1-3-27-25(28(37-24-8-10-42-11-9-24)26-18-36-39(4-2)29(26)38-27)17-35-31(41)21-7-5-6-20(14-21)30(40)34-16-19-12-22(32)15-23(33)13-19/h5-7,12-15,18,24H,3-4,8-11,16-17H2,1-2H3,(H,34,40)(H,35,41)(H,37,38). The lowest BCUT2D eigenvalue weighted by molar-refractivity contribution is 0.0904. The summed E-state index contributed by atoms with van der Waals surface area (Å²) in [5, 5.41) is 15.0. The van der Waals surface area contributed by atoms with Crippen molar-refractivity contribution in [3.63, 3.8) is 0 Å². The highest BCUT2D eigenvalue weighted by Crippen LogP contribution is 2.31. The third-order valence-electron chi connectivity index (χ3n) is 7.42. The molecule has 3 N–H and O–H groups in total. The Bertz CT molecular complexity index is 1580. The molecular formula is C31H34BFN6O3. The van der Waals surface area contributed by atoms with Crippen molar-refractivity contribution in [2.24, 2.45) is 0 Å². The molecule has 9 nitrogen and oxygen atoms in total. The minimum absolute atomic E-state index is 0.101. The summed E-state index contributed by atoms with van der Waals surface area (Å²) < 4.78 is 21.1. The van der Waals surface area contributed by atoms with Crippen LogP contribution in [0, 0.1) is 5.82 Å². The molecule has 0 bridgehead atoms. The average molecular weight is 568 g/mol. The fraction of sp³-hybridized carbons (Fsp3) is 0.355. The number of hydrogen-bond donors (Lipinski definition) is 3. The van der Waals surface area contributed by atoms with Gasteiger partial charge in [0.05, 0.1) is 17.3 Å². The molecule has 0 unspecified atom stereocenters. The number of carbonyl (C=O) groups excluding carboxylic acids is 2. The van der Waals surface area contributed by atoms with Gasteiger partial charge in [-0.15, -0.1) is 0 Å². The molecule has 11 heteroatoms. The van der Waals surface area contributed by atoms with Crippen LogP contribution in [0.5, 0.6) is 0 Å². The zero-order chi connectivity index (χ0) is 29.6. The van der Waals surface area contributed by atoms with Crippen molar-refractivity contribution in [3.05, 3.63) is 82.4 Å². The van der Waals surface area contributed by atoms with E-state index in [-0.39, 0.29) is 36.4 Å². The van der Waals surface area contributed by atoms with Crippen LogP contribution in [0.3, 0.4) is 0 Å². The Kier molecular flexibility index (Phi) is 9.17. The molecule has 42 heavy (non-hydrogen) atoms. The van der Waals surface area contributed by atoms with Crippen molar-refractivity contribution < 1.29 is 18.7 Å². The van der Waals surface area contributed by atoms with Crippen LogP contribution in [0.2, 0.25) is 0 Å². The summed E-state index contributed by atoms with van der Waals surface area (Å²) in [6.45, 7) is 6.54. The number of amides is 2. The van der Waals surface area contributed by atoms with E-state index in [4.69, 9.17) is 17.6 Å². The van der Waals surface area contributed by atoms with Crippen molar-refractivity contribution in [3.8, 4) is 0 Å². The molecule has 2 radical (unpaired) electrons. The second kappa shape index (κ2) is 13.2. The molecule has 2 amide bonds. The number of nitrogens with one attached hydrogen (secondary N) is 3. The Balaban J connectivity index is 1.34. The van der Waals surface area contributed by atoms with E-state index < -0.39 is 5.82 Å². The second-order valence-electron chi connectivity index (χ2n) is 10.3. The summed E-state index contributed by atoms with van der Waals surface area (Å²) >= 11 is 0. The number of aromatic nitrogens is 3. The fourth-order valence-corrected chi connectivity index (χ4v) is 5.23. The summed E-state index contributed by atoms with van der Waals surface area (Å²) in [5.41, 5.74) is 5.06. The molecule has 4 aromatic rings. The van der Waals surface area contributed by atoms with Crippen molar-refractivity contribution in [1.82, 2.24) is 25.4 Å². The number of pyridine rings is 1. The van der Waals surface area contributed by atoms with Crippen LogP contribution in [0.25, 0.3) is 11.0 Å². The van der Waals surface area contributed by atoms with E-state index in [2.05, 4.69) is 21.0 Å². The maximum absolute atomic E-state index is 13.6. The van der Waals surface area contributed by atoms with Crippen molar-refractivity contribution in [2.45, 2.75) is 58.8 Å². The molecular weight excluding hydrogens is 534 g/mol. The average Bonchev–Trinajstić information content (AvgIpc) is 3.42. The Labute approximate surface area is 245 Å². The van der Waals surface area contributed by atoms with E-state index >= 15 is 0 Å². The molecule has 0 aliphatic carbocycles. The minimum Gasteiger partial charge on any atom is -0.381 e. The number of nitrogens with zero attached hydrogens (tertiary/aromatic N) is 3. The molecule has 2 aromatic heterocycles. The highest BCUT2D eigenvalue weighted by molar-refractivity contribution is 6.32. The first-order valence-electron chi connectivity index (χ1n) is 14.3. The van der Waals surface area contributed by atoms with Gasteiger partial charge in [0, 0.05) is 61.3 Å².